The second-order valence-electron chi connectivity index (χ2n) is 4.12. The lowest BCUT2D eigenvalue weighted by molar-refractivity contribution is -0.129. The molecule has 0 aliphatic carbocycles. The number of ether oxygens (including phenoxy) is 1. The zero-order valence-electron chi connectivity index (χ0n) is 8.88. The van der Waals surface area contributed by atoms with Gasteiger partial charge in [0.1, 0.15) is 0 Å². The van der Waals surface area contributed by atoms with Gasteiger partial charge in [0, 0.05) is 19.5 Å². The van der Waals surface area contributed by atoms with Crippen LogP contribution in [0.3, 0.4) is 0 Å². The van der Waals surface area contributed by atoms with E-state index in [1.165, 1.54) is 4.90 Å². The molecule has 0 saturated carbocycles. The van der Waals surface area contributed by atoms with Crippen LogP contribution in [0.15, 0.2) is 0 Å². The van der Waals surface area contributed by atoms with Crippen molar-refractivity contribution in [2.24, 2.45) is 5.41 Å². The van der Waals surface area contributed by atoms with E-state index >= 15 is 0 Å². The first-order chi connectivity index (χ1) is 5.75. The summed E-state index contributed by atoms with van der Waals surface area (Å²) in [6, 6.07) is 0. The maximum absolute atomic E-state index is 11.3. The first-order valence-electron chi connectivity index (χ1n) is 4.12. The lowest BCUT2D eigenvalue weighted by Gasteiger charge is -2.17. The number of nitrogens with zero attached hydrogens (tertiary/aromatic N) is 1. The third-order valence-electron chi connectivity index (χ3n) is 1.53. The summed E-state index contributed by atoms with van der Waals surface area (Å²) in [5.41, 5.74) is -0.452. The molecular formula is C9H17NO3. The van der Waals surface area contributed by atoms with Gasteiger partial charge >= 0.3 is 6.09 Å². The number of carbonyl (C=O) groups excluding carboxylic acids is 2. The van der Waals surface area contributed by atoms with Crippen molar-refractivity contribution < 1.29 is 14.3 Å². The molecule has 4 nitrogen and oxygen atoms in total. The number of hydrogen-bond acceptors (Lipinski definition) is 3. The molecule has 0 rings (SSSR count). The van der Waals surface area contributed by atoms with Crippen molar-refractivity contribution in [3.63, 3.8) is 0 Å². The van der Waals surface area contributed by atoms with E-state index < -0.39 is 11.5 Å². The Labute approximate surface area is 78.9 Å². The van der Waals surface area contributed by atoms with Gasteiger partial charge in [-0.3, -0.25) is 4.79 Å². The van der Waals surface area contributed by atoms with Crippen molar-refractivity contribution in [2.45, 2.75) is 20.8 Å². The molecule has 0 aliphatic heterocycles. The molecule has 0 aromatic heterocycles. The van der Waals surface area contributed by atoms with Crippen molar-refractivity contribution in [3.8, 4) is 0 Å². The van der Waals surface area contributed by atoms with E-state index in [1.807, 2.05) is 0 Å². The Morgan fingerprint density at radius 1 is 1.23 bits per heavy atom. The van der Waals surface area contributed by atoms with Crippen LogP contribution in [-0.4, -0.2) is 37.5 Å². The quantitative estimate of drug-likeness (QED) is 0.654. The van der Waals surface area contributed by atoms with Crippen LogP contribution < -0.4 is 0 Å². The van der Waals surface area contributed by atoms with Crippen molar-refractivity contribution in [1.82, 2.24) is 4.90 Å². The molecule has 0 aromatic carbocycles. The van der Waals surface area contributed by atoms with Crippen molar-refractivity contribution in [1.29, 1.82) is 0 Å². The SMILES string of the molecule is CN(C)C(=O)OCC(=O)C(C)(C)C. The Kier molecular flexibility index (Phi) is 3.91. The highest BCUT2D eigenvalue weighted by Gasteiger charge is 2.22. The third-order valence-corrected chi connectivity index (χ3v) is 1.53. The standard InChI is InChI=1S/C9H17NO3/c1-9(2,3)7(11)6-13-8(12)10(4)5/h6H2,1-5H3. The van der Waals surface area contributed by atoms with Gasteiger partial charge in [-0.2, -0.15) is 0 Å². The Balaban J connectivity index is 3.92. The highest BCUT2D eigenvalue weighted by Crippen LogP contribution is 2.14. The third kappa shape index (κ3) is 4.50. The summed E-state index contributed by atoms with van der Waals surface area (Å²) in [6.07, 6.45) is -0.488. The zero-order valence-corrected chi connectivity index (χ0v) is 8.88. The van der Waals surface area contributed by atoms with Crippen LogP contribution in [0.5, 0.6) is 0 Å². The normalized spacial score (nSPS) is 10.8. The average molecular weight is 187 g/mol. The number of amides is 1. The van der Waals surface area contributed by atoms with Gasteiger partial charge in [0.15, 0.2) is 12.4 Å². The van der Waals surface area contributed by atoms with Gasteiger partial charge in [-0.05, 0) is 0 Å². The van der Waals surface area contributed by atoms with E-state index in [0.29, 0.717) is 0 Å². The number of carbonyl (C=O) groups is 2. The second-order valence-corrected chi connectivity index (χ2v) is 4.12. The van der Waals surface area contributed by atoms with Gasteiger partial charge in [0.2, 0.25) is 0 Å². The molecule has 4 heteroatoms. The van der Waals surface area contributed by atoms with Crippen LogP contribution in [0.1, 0.15) is 20.8 Å². The largest absolute Gasteiger partial charge is 0.441 e. The van der Waals surface area contributed by atoms with Gasteiger partial charge in [-0.25, -0.2) is 4.79 Å². The summed E-state index contributed by atoms with van der Waals surface area (Å²) in [5, 5.41) is 0. The highest BCUT2D eigenvalue weighted by atomic mass is 16.6. The van der Waals surface area contributed by atoms with Gasteiger partial charge in [0.05, 0.1) is 0 Å². The van der Waals surface area contributed by atoms with Crippen LogP contribution in [0.2, 0.25) is 0 Å². The Morgan fingerprint density at radius 3 is 2.00 bits per heavy atom. The van der Waals surface area contributed by atoms with E-state index in [9.17, 15) is 9.59 Å². The van der Waals surface area contributed by atoms with Gasteiger partial charge in [-0.1, -0.05) is 20.8 Å². The van der Waals surface area contributed by atoms with Crippen molar-refractivity contribution in [2.75, 3.05) is 20.7 Å². The molecule has 76 valence electrons. The molecule has 0 aromatic rings. The van der Waals surface area contributed by atoms with Gasteiger partial charge in [-0.15, -0.1) is 0 Å². The minimum Gasteiger partial charge on any atom is -0.441 e. The van der Waals surface area contributed by atoms with Crippen LogP contribution in [0, 0.1) is 5.41 Å². The Bertz CT molecular complexity index is 203. The maximum Gasteiger partial charge on any atom is 0.409 e. The van der Waals surface area contributed by atoms with E-state index in [4.69, 9.17) is 4.74 Å². The number of Topliss-reactive ketones (excluding diaryl/α,β-unsaturated/α-hetero) is 1. The molecule has 0 N–H and O–H groups in total. The predicted octanol–water partition coefficient (Wildman–Crippen LogP) is 1.30. The first-order valence-corrected chi connectivity index (χ1v) is 4.12. The minimum atomic E-state index is -0.488. The average Bonchev–Trinajstić information content (AvgIpc) is 1.97. The fraction of sp³-hybridized carbons (Fsp3) is 0.778. The molecule has 0 heterocycles. The molecule has 13 heavy (non-hydrogen) atoms. The molecule has 0 atom stereocenters. The predicted molar refractivity (Wildman–Crippen MR) is 49.5 cm³/mol. The molecule has 0 bridgehead atoms. The molecule has 0 fully saturated rings. The lowest BCUT2D eigenvalue weighted by Crippen LogP contribution is -2.30. The fourth-order valence-corrected chi connectivity index (χ4v) is 0.473. The summed E-state index contributed by atoms with van der Waals surface area (Å²) in [7, 11) is 3.15. The van der Waals surface area contributed by atoms with Crippen LogP contribution in [0.25, 0.3) is 0 Å². The molecule has 0 saturated heterocycles. The van der Waals surface area contributed by atoms with Crippen LogP contribution in [0.4, 0.5) is 4.79 Å². The number of rotatable bonds is 2. The Morgan fingerprint density at radius 2 is 1.69 bits per heavy atom. The smallest absolute Gasteiger partial charge is 0.409 e. The molecule has 0 unspecified atom stereocenters. The molecule has 0 radical (unpaired) electrons. The molecule has 1 amide bonds. The summed E-state index contributed by atoms with van der Waals surface area (Å²) < 4.78 is 4.73. The monoisotopic (exact) mass is 187 g/mol. The molecule has 0 spiro atoms. The summed E-state index contributed by atoms with van der Waals surface area (Å²) >= 11 is 0. The lowest BCUT2D eigenvalue weighted by atomic mass is 9.91. The van der Waals surface area contributed by atoms with Gasteiger partial charge < -0.3 is 9.64 Å². The Hall–Kier alpha value is -1.06. The van der Waals surface area contributed by atoms with E-state index in [2.05, 4.69) is 0 Å². The first kappa shape index (κ1) is 11.9. The van der Waals surface area contributed by atoms with Gasteiger partial charge in [0.25, 0.3) is 0 Å². The maximum atomic E-state index is 11.3. The summed E-state index contributed by atoms with van der Waals surface area (Å²) in [6.45, 7) is 5.22. The zero-order chi connectivity index (χ0) is 10.6. The number of ketones is 1. The molecule has 0 aliphatic rings. The summed E-state index contributed by atoms with van der Waals surface area (Å²) in [5.74, 6) is -0.0808. The van der Waals surface area contributed by atoms with E-state index in [1.54, 1.807) is 34.9 Å². The van der Waals surface area contributed by atoms with E-state index in [-0.39, 0.29) is 12.4 Å². The molecular weight excluding hydrogens is 170 g/mol. The summed E-state index contributed by atoms with van der Waals surface area (Å²) in [4.78, 5) is 23.5. The second kappa shape index (κ2) is 4.25. The number of hydrogen-bond donors (Lipinski definition) is 0. The van der Waals surface area contributed by atoms with Crippen molar-refractivity contribution in [3.05, 3.63) is 0 Å². The van der Waals surface area contributed by atoms with E-state index in [0.717, 1.165) is 0 Å². The van der Waals surface area contributed by atoms with Crippen LogP contribution >= 0.6 is 0 Å². The van der Waals surface area contributed by atoms with Crippen molar-refractivity contribution >= 4 is 11.9 Å². The van der Waals surface area contributed by atoms with Crippen LogP contribution in [-0.2, 0) is 9.53 Å². The highest BCUT2D eigenvalue weighted by molar-refractivity contribution is 5.86. The fourth-order valence-electron chi connectivity index (χ4n) is 0.473. The minimum absolute atomic E-state index is 0.0808. The topological polar surface area (TPSA) is 46.6 Å².